The van der Waals surface area contributed by atoms with Crippen LogP contribution >= 0.6 is 0 Å². The Kier molecular flexibility index (Phi) is 6.19. The lowest BCUT2D eigenvalue weighted by molar-refractivity contribution is -0.298. The standard InChI is InChI=1S/C26H40O9/c1-12-13-9-14(28)20-24(2)6-4-7-25(3,16(24)5-8-26(20,10-13)21(12)32)23(33)35-22-19(31)18(30)17(29)15(11-27)34-22/h13-22,27-32H,1,4-11H2,2-3H3/t13-,14+,15+,16+,17+,18-,19+,20+,21-,22-,24-,25-,26-/m1/s1. The van der Waals surface area contributed by atoms with Gasteiger partial charge in [-0.2, -0.15) is 0 Å². The van der Waals surface area contributed by atoms with Crippen LogP contribution in [0.25, 0.3) is 0 Å². The van der Waals surface area contributed by atoms with Crippen molar-refractivity contribution in [1.82, 2.24) is 0 Å². The van der Waals surface area contributed by atoms with Crippen molar-refractivity contribution in [2.24, 2.45) is 34.0 Å². The van der Waals surface area contributed by atoms with Gasteiger partial charge >= 0.3 is 5.97 Å². The first-order chi connectivity index (χ1) is 16.4. The highest BCUT2D eigenvalue weighted by Gasteiger charge is 2.70. The third kappa shape index (κ3) is 3.42. The molecule has 6 N–H and O–H groups in total. The van der Waals surface area contributed by atoms with Crippen molar-refractivity contribution >= 4 is 5.97 Å². The highest BCUT2D eigenvalue weighted by molar-refractivity contribution is 5.77. The van der Waals surface area contributed by atoms with Crippen LogP contribution in [0, 0.1) is 34.0 Å². The molecular weight excluding hydrogens is 456 g/mol. The normalized spacial score (nSPS) is 55.7. The average molecular weight is 497 g/mol. The molecule has 0 aromatic heterocycles. The highest BCUT2D eigenvalue weighted by Crippen LogP contribution is 2.72. The van der Waals surface area contributed by atoms with Crippen molar-refractivity contribution in [2.75, 3.05) is 6.61 Å². The Morgan fingerprint density at radius 1 is 1.09 bits per heavy atom. The zero-order chi connectivity index (χ0) is 25.5. The van der Waals surface area contributed by atoms with Crippen molar-refractivity contribution < 1.29 is 44.9 Å². The molecule has 35 heavy (non-hydrogen) atoms. The zero-order valence-electron chi connectivity index (χ0n) is 20.5. The molecule has 5 fully saturated rings. The summed E-state index contributed by atoms with van der Waals surface area (Å²) >= 11 is 0. The van der Waals surface area contributed by atoms with E-state index in [0.29, 0.717) is 25.7 Å². The molecular formula is C26H40O9. The number of carbonyl (C=O) groups excluding carboxylic acids is 1. The maximum Gasteiger partial charge on any atom is 0.314 e. The van der Waals surface area contributed by atoms with Crippen LogP contribution in [0.5, 0.6) is 0 Å². The molecule has 1 saturated heterocycles. The van der Waals surface area contributed by atoms with Crippen LogP contribution < -0.4 is 0 Å². The van der Waals surface area contributed by atoms with E-state index < -0.39 is 71.7 Å². The molecule has 4 saturated carbocycles. The zero-order valence-corrected chi connectivity index (χ0v) is 20.5. The molecule has 0 radical (unpaired) electrons. The van der Waals surface area contributed by atoms with Crippen LogP contribution in [0.2, 0.25) is 0 Å². The summed E-state index contributed by atoms with van der Waals surface area (Å²) < 4.78 is 11.1. The molecule has 1 heterocycles. The van der Waals surface area contributed by atoms with E-state index in [-0.39, 0.29) is 17.8 Å². The van der Waals surface area contributed by atoms with Crippen molar-refractivity contribution in [3.63, 3.8) is 0 Å². The summed E-state index contributed by atoms with van der Waals surface area (Å²) in [6, 6.07) is 0. The van der Waals surface area contributed by atoms with Crippen LogP contribution in [-0.2, 0) is 14.3 Å². The predicted octanol–water partition coefficient (Wildman–Crippen LogP) is 0.240. The predicted molar refractivity (Wildman–Crippen MR) is 122 cm³/mol. The Hall–Kier alpha value is -1.07. The second kappa shape index (κ2) is 8.48. The minimum Gasteiger partial charge on any atom is -0.432 e. The molecule has 9 heteroatoms. The summed E-state index contributed by atoms with van der Waals surface area (Å²) in [7, 11) is 0. The average Bonchev–Trinajstić information content (AvgIpc) is 2.99. The van der Waals surface area contributed by atoms with Gasteiger partial charge in [-0.1, -0.05) is 19.9 Å². The first kappa shape index (κ1) is 25.6. The number of hydrogen-bond donors (Lipinski definition) is 6. The number of esters is 1. The summed E-state index contributed by atoms with van der Waals surface area (Å²) in [6.45, 7) is 7.55. The Balaban J connectivity index is 1.42. The van der Waals surface area contributed by atoms with Gasteiger partial charge in [-0.25, -0.2) is 0 Å². The summed E-state index contributed by atoms with van der Waals surface area (Å²) in [6.07, 6.45) is -3.80. The van der Waals surface area contributed by atoms with Crippen LogP contribution in [-0.4, -0.2) is 86.1 Å². The summed E-state index contributed by atoms with van der Waals surface area (Å²) in [5, 5.41) is 62.6. The molecule has 2 bridgehead atoms. The minimum atomic E-state index is -1.65. The molecule has 0 amide bonds. The maximum absolute atomic E-state index is 13.7. The second-order valence-corrected chi connectivity index (χ2v) is 12.4. The lowest BCUT2D eigenvalue weighted by atomic mass is 9.40. The SMILES string of the molecule is C=C1[C@@H]2C[C@H](O)[C@H]3[C@]4(C)CCC[C@@](C)(C(=O)O[C@H]5O[C@@H](CO)[C@H](O)[C@@H](O)[C@@H]5O)[C@H]4CC[C@]3(C2)[C@@H]1O. The second-order valence-electron chi connectivity index (χ2n) is 12.4. The smallest absolute Gasteiger partial charge is 0.314 e. The van der Waals surface area contributed by atoms with Crippen LogP contribution in [0.15, 0.2) is 12.2 Å². The van der Waals surface area contributed by atoms with Crippen LogP contribution in [0.3, 0.4) is 0 Å². The van der Waals surface area contributed by atoms with Crippen molar-refractivity contribution in [3.05, 3.63) is 12.2 Å². The molecule has 9 nitrogen and oxygen atoms in total. The lowest BCUT2D eigenvalue weighted by Crippen LogP contribution is -2.64. The molecule has 5 aliphatic rings. The molecule has 1 spiro atoms. The Labute approximate surface area is 205 Å². The fourth-order valence-corrected chi connectivity index (χ4v) is 9.12. The first-order valence-electron chi connectivity index (χ1n) is 13.0. The molecule has 5 rings (SSSR count). The third-order valence-corrected chi connectivity index (χ3v) is 10.7. The van der Waals surface area contributed by atoms with E-state index >= 15 is 0 Å². The van der Waals surface area contributed by atoms with E-state index in [1.165, 1.54) is 0 Å². The quantitative estimate of drug-likeness (QED) is 0.238. The van der Waals surface area contributed by atoms with Crippen LogP contribution in [0.1, 0.15) is 58.8 Å². The fourth-order valence-electron chi connectivity index (χ4n) is 9.12. The van der Waals surface area contributed by atoms with Gasteiger partial charge in [-0.05, 0) is 74.2 Å². The highest BCUT2D eigenvalue weighted by atomic mass is 16.7. The monoisotopic (exact) mass is 496 g/mol. The lowest BCUT2D eigenvalue weighted by Gasteiger charge is -2.64. The van der Waals surface area contributed by atoms with Crippen molar-refractivity contribution in [2.45, 2.75) is 102 Å². The van der Waals surface area contributed by atoms with Gasteiger partial charge in [0.25, 0.3) is 0 Å². The molecule has 0 aromatic carbocycles. The Morgan fingerprint density at radius 3 is 2.49 bits per heavy atom. The molecule has 1 aliphatic heterocycles. The van der Waals surface area contributed by atoms with Gasteiger partial charge < -0.3 is 40.1 Å². The summed E-state index contributed by atoms with van der Waals surface area (Å²) in [5.41, 5.74) is -0.932. The number of aliphatic hydroxyl groups is 6. The maximum atomic E-state index is 13.7. The number of fused-ring (bicyclic) bond motifs is 3. The number of carbonyl (C=O) groups is 1. The molecule has 0 unspecified atom stereocenters. The van der Waals surface area contributed by atoms with Gasteiger partial charge in [-0.3, -0.25) is 4.79 Å². The largest absolute Gasteiger partial charge is 0.432 e. The molecule has 4 aliphatic carbocycles. The van der Waals surface area contributed by atoms with E-state index in [1.54, 1.807) is 0 Å². The number of ether oxygens (including phenoxy) is 2. The van der Waals surface area contributed by atoms with Gasteiger partial charge in [0.1, 0.15) is 24.4 Å². The van der Waals surface area contributed by atoms with Gasteiger partial charge in [0.15, 0.2) is 0 Å². The number of hydrogen-bond acceptors (Lipinski definition) is 9. The molecule has 0 aromatic rings. The van der Waals surface area contributed by atoms with Gasteiger partial charge in [0.2, 0.25) is 6.29 Å². The number of aliphatic hydroxyl groups excluding tert-OH is 6. The Bertz CT molecular complexity index is 877. The fraction of sp³-hybridized carbons (Fsp3) is 0.885. The first-order valence-corrected chi connectivity index (χ1v) is 13.0. The number of rotatable bonds is 3. The van der Waals surface area contributed by atoms with E-state index in [0.717, 1.165) is 24.8 Å². The van der Waals surface area contributed by atoms with E-state index in [4.69, 9.17) is 9.47 Å². The molecule has 13 atom stereocenters. The summed E-state index contributed by atoms with van der Waals surface area (Å²) in [4.78, 5) is 13.7. The Morgan fingerprint density at radius 2 is 1.80 bits per heavy atom. The van der Waals surface area contributed by atoms with E-state index in [2.05, 4.69) is 13.5 Å². The summed E-state index contributed by atoms with van der Waals surface area (Å²) in [5.74, 6) is -0.723. The molecule has 198 valence electrons. The minimum absolute atomic E-state index is 0.121. The van der Waals surface area contributed by atoms with Gasteiger partial charge in [-0.15, -0.1) is 0 Å². The van der Waals surface area contributed by atoms with Crippen molar-refractivity contribution in [3.8, 4) is 0 Å². The van der Waals surface area contributed by atoms with Gasteiger partial charge in [0, 0.05) is 5.41 Å². The van der Waals surface area contributed by atoms with Gasteiger partial charge in [0.05, 0.1) is 24.2 Å². The van der Waals surface area contributed by atoms with E-state index in [9.17, 15) is 35.4 Å². The third-order valence-electron chi connectivity index (χ3n) is 10.7. The topological polar surface area (TPSA) is 157 Å². The van der Waals surface area contributed by atoms with Crippen LogP contribution in [0.4, 0.5) is 0 Å². The van der Waals surface area contributed by atoms with Crippen molar-refractivity contribution in [1.29, 1.82) is 0 Å². The van der Waals surface area contributed by atoms with E-state index in [1.807, 2.05) is 6.92 Å².